The summed E-state index contributed by atoms with van der Waals surface area (Å²) in [6, 6.07) is 6.53. The van der Waals surface area contributed by atoms with Gasteiger partial charge in [-0.2, -0.15) is 0 Å². The highest BCUT2D eigenvalue weighted by Crippen LogP contribution is 2.25. The van der Waals surface area contributed by atoms with Crippen molar-refractivity contribution in [2.45, 2.75) is 32.9 Å². The van der Waals surface area contributed by atoms with Crippen LogP contribution in [0.15, 0.2) is 18.2 Å². The average Bonchev–Trinajstić information content (AvgIpc) is 2.39. The second-order valence-electron chi connectivity index (χ2n) is 4.42. The Kier molecular flexibility index (Phi) is 6.47. The van der Waals surface area contributed by atoms with Gasteiger partial charge in [0.2, 0.25) is 0 Å². The molecule has 3 nitrogen and oxygen atoms in total. The highest BCUT2D eigenvalue weighted by molar-refractivity contribution is 6.31. The summed E-state index contributed by atoms with van der Waals surface area (Å²) >= 11 is 6.22. The van der Waals surface area contributed by atoms with Crippen LogP contribution in [-0.2, 0) is 11.3 Å². The number of hydrogen-bond acceptors (Lipinski definition) is 3. The highest BCUT2D eigenvalue weighted by Gasteiger charge is 2.13. The van der Waals surface area contributed by atoms with Crippen LogP contribution in [0.25, 0.3) is 0 Å². The maximum absolute atomic E-state index is 6.22. The molecule has 1 atom stereocenters. The van der Waals surface area contributed by atoms with Gasteiger partial charge in [0.1, 0.15) is 0 Å². The van der Waals surface area contributed by atoms with E-state index in [4.69, 9.17) is 22.1 Å². The van der Waals surface area contributed by atoms with E-state index in [-0.39, 0.29) is 0 Å². The van der Waals surface area contributed by atoms with Crippen LogP contribution in [0, 0.1) is 0 Å². The Morgan fingerprint density at radius 1 is 1.44 bits per heavy atom. The monoisotopic (exact) mass is 270 g/mol. The van der Waals surface area contributed by atoms with Crippen LogP contribution in [0.2, 0.25) is 5.02 Å². The van der Waals surface area contributed by atoms with Crippen LogP contribution in [0.1, 0.15) is 25.8 Å². The molecule has 0 aliphatic carbocycles. The molecule has 0 bridgehead atoms. The maximum Gasteiger partial charge on any atom is 0.0637 e. The van der Waals surface area contributed by atoms with Crippen LogP contribution in [0.3, 0.4) is 0 Å². The first kappa shape index (κ1) is 15.3. The van der Waals surface area contributed by atoms with Crippen LogP contribution in [-0.4, -0.2) is 26.3 Å². The van der Waals surface area contributed by atoms with Crippen molar-refractivity contribution < 1.29 is 4.74 Å². The number of rotatable bonds is 7. The lowest BCUT2D eigenvalue weighted by molar-refractivity contribution is 0.203. The van der Waals surface area contributed by atoms with Gasteiger partial charge in [0.25, 0.3) is 0 Å². The number of benzene rings is 1. The average molecular weight is 271 g/mol. The maximum atomic E-state index is 6.22. The smallest absolute Gasteiger partial charge is 0.0637 e. The fourth-order valence-electron chi connectivity index (χ4n) is 1.89. The topological polar surface area (TPSA) is 38.5 Å². The predicted octanol–water partition coefficient (Wildman–Crippen LogP) is 3.05. The van der Waals surface area contributed by atoms with E-state index >= 15 is 0 Å². The molecule has 1 aromatic rings. The van der Waals surface area contributed by atoms with E-state index in [1.54, 1.807) is 7.11 Å². The normalized spacial score (nSPS) is 12.5. The van der Waals surface area contributed by atoms with E-state index in [2.05, 4.69) is 24.8 Å². The second-order valence-corrected chi connectivity index (χ2v) is 4.83. The zero-order valence-corrected chi connectivity index (χ0v) is 12.2. The Hall–Kier alpha value is -0.770. The van der Waals surface area contributed by atoms with Gasteiger partial charge in [-0.15, -0.1) is 0 Å². The fraction of sp³-hybridized carbons (Fsp3) is 0.571. The summed E-state index contributed by atoms with van der Waals surface area (Å²) in [5.41, 5.74) is 7.74. The van der Waals surface area contributed by atoms with Gasteiger partial charge < -0.3 is 15.4 Å². The van der Waals surface area contributed by atoms with E-state index < -0.39 is 0 Å². The molecule has 1 aromatic carbocycles. The molecule has 18 heavy (non-hydrogen) atoms. The van der Waals surface area contributed by atoms with Crippen LogP contribution >= 0.6 is 11.6 Å². The van der Waals surface area contributed by atoms with Crippen molar-refractivity contribution in [3.8, 4) is 0 Å². The largest absolute Gasteiger partial charge is 0.383 e. The Morgan fingerprint density at radius 2 is 2.17 bits per heavy atom. The van der Waals surface area contributed by atoms with Crippen molar-refractivity contribution in [1.29, 1.82) is 0 Å². The molecule has 0 heterocycles. The van der Waals surface area contributed by atoms with Crippen LogP contribution in [0.4, 0.5) is 5.69 Å². The van der Waals surface area contributed by atoms with Crippen molar-refractivity contribution in [3.63, 3.8) is 0 Å². The molecule has 0 saturated carbocycles. The number of methoxy groups -OCH3 is 1. The van der Waals surface area contributed by atoms with Crippen molar-refractivity contribution in [1.82, 2.24) is 0 Å². The summed E-state index contributed by atoms with van der Waals surface area (Å²) in [6.07, 6.45) is 1.08. The van der Waals surface area contributed by atoms with Gasteiger partial charge >= 0.3 is 0 Å². The minimum Gasteiger partial charge on any atom is -0.383 e. The summed E-state index contributed by atoms with van der Waals surface area (Å²) in [5.74, 6) is 0. The van der Waals surface area contributed by atoms with Crippen LogP contribution in [0.5, 0.6) is 0 Å². The summed E-state index contributed by atoms with van der Waals surface area (Å²) in [5, 5.41) is 0.737. The van der Waals surface area contributed by atoms with Crippen molar-refractivity contribution in [2.75, 3.05) is 25.2 Å². The molecule has 0 aliphatic rings. The summed E-state index contributed by atoms with van der Waals surface area (Å²) < 4.78 is 5.17. The van der Waals surface area contributed by atoms with Gasteiger partial charge in [0.15, 0.2) is 0 Å². The number of nitrogens with two attached hydrogens (primary N) is 1. The number of halogens is 1. The zero-order valence-electron chi connectivity index (χ0n) is 11.4. The summed E-state index contributed by atoms with van der Waals surface area (Å²) in [7, 11) is 1.72. The SMILES string of the molecule is CCC(C)N(CCOC)c1ccc(CN)c(Cl)c1. The molecule has 0 radical (unpaired) electrons. The Balaban J connectivity index is 2.93. The van der Waals surface area contributed by atoms with Crippen molar-refractivity contribution in [3.05, 3.63) is 28.8 Å². The fourth-order valence-corrected chi connectivity index (χ4v) is 2.15. The van der Waals surface area contributed by atoms with E-state index in [1.807, 2.05) is 12.1 Å². The molecule has 0 aromatic heterocycles. The number of nitrogens with zero attached hydrogens (tertiary/aromatic N) is 1. The van der Waals surface area contributed by atoms with E-state index in [1.165, 1.54) is 0 Å². The van der Waals surface area contributed by atoms with Gasteiger partial charge in [-0.05, 0) is 31.0 Å². The Morgan fingerprint density at radius 3 is 2.67 bits per heavy atom. The molecular formula is C14H23ClN2O. The van der Waals surface area contributed by atoms with Crippen molar-refractivity contribution in [2.24, 2.45) is 5.73 Å². The molecule has 4 heteroatoms. The van der Waals surface area contributed by atoms with Gasteiger partial charge in [0.05, 0.1) is 6.61 Å². The third kappa shape index (κ3) is 3.87. The van der Waals surface area contributed by atoms with E-state index in [0.29, 0.717) is 19.2 Å². The standard InChI is InChI=1S/C14H23ClN2O/c1-4-11(2)17(7-8-18-3)13-6-5-12(10-16)14(15)9-13/h5-6,9,11H,4,7-8,10,16H2,1-3H3. The summed E-state index contributed by atoms with van der Waals surface area (Å²) in [6.45, 7) is 6.44. The highest BCUT2D eigenvalue weighted by atomic mass is 35.5. The molecule has 0 amide bonds. The predicted molar refractivity (Wildman–Crippen MR) is 78.3 cm³/mol. The second kappa shape index (κ2) is 7.62. The molecule has 0 saturated heterocycles. The molecule has 102 valence electrons. The molecule has 0 aliphatic heterocycles. The number of hydrogen-bond donors (Lipinski definition) is 1. The number of ether oxygens (including phenoxy) is 1. The molecular weight excluding hydrogens is 248 g/mol. The van der Waals surface area contributed by atoms with Gasteiger partial charge in [-0.3, -0.25) is 0 Å². The zero-order chi connectivity index (χ0) is 13.5. The van der Waals surface area contributed by atoms with Gasteiger partial charge in [-0.25, -0.2) is 0 Å². The first-order chi connectivity index (χ1) is 8.63. The van der Waals surface area contributed by atoms with Crippen molar-refractivity contribution >= 4 is 17.3 Å². The minimum atomic E-state index is 0.458. The van der Waals surface area contributed by atoms with E-state index in [9.17, 15) is 0 Å². The van der Waals surface area contributed by atoms with Gasteiger partial charge in [0, 0.05) is 37.0 Å². The first-order valence-electron chi connectivity index (χ1n) is 6.38. The first-order valence-corrected chi connectivity index (χ1v) is 6.75. The lowest BCUT2D eigenvalue weighted by Crippen LogP contribution is -2.35. The molecule has 1 rings (SSSR count). The third-order valence-electron chi connectivity index (χ3n) is 3.25. The molecule has 0 fully saturated rings. The van der Waals surface area contributed by atoms with Gasteiger partial charge in [-0.1, -0.05) is 24.6 Å². The lowest BCUT2D eigenvalue weighted by atomic mass is 10.1. The van der Waals surface area contributed by atoms with E-state index in [0.717, 1.165) is 29.2 Å². The summed E-state index contributed by atoms with van der Waals surface area (Å²) in [4.78, 5) is 2.32. The van der Waals surface area contributed by atoms with Crippen LogP contribution < -0.4 is 10.6 Å². The third-order valence-corrected chi connectivity index (χ3v) is 3.60. The Bertz CT molecular complexity index is 371. The lowest BCUT2D eigenvalue weighted by Gasteiger charge is -2.31. The molecule has 0 spiro atoms. The number of anilines is 1. The Labute approximate surface area is 115 Å². The minimum absolute atomic E-state index is 0.458. The molecule has 1 unspecified atom stereocenters. The quantitative estimate of drug-likeness (QED) is 0.828. The molecule has 2 N–H and O–H groups in total.